The maximum absolute atomic E-state index is 11.4. The van der Waals surface area contributed by atoms with Crippen molar-refractivity contribution in [1.29, 1.82) is 0 Å². The van der Waals surface area contributed by atoms with Crippen LogP contribution in [0.2, 0.25) is 0 Å². The highest BCUT2D eigenvalue weighted by Crippen LogP contribution is 2.26. The maximum Gasteiger partial charge on any atom is 0.325 e. The van der Waals surface area contributed by atoms with Crippen LogP contribution in [0.5, 0.6) is 0 Å². The van der Waals surface area contributed by atoms with E-state index in [-0.39, 0.29) is 10.6 Å². The molecule has 0 aromatic carbocycles. The molecule has 0 saturated heterocycles. The van der Waals surface area contributed by atoms with Crippen LogP contribution >= 0.6 is 11.8 Å². The van der Waals surface area contributed by atoms with Gasteiger partial charge in [-0.25, -0.2) is 0 Å². The number of nitrogens with zero attached hydrogens (tertiary/aromatic N) is 3. The van der Waals surface area contributed by atoms with Gasteiger partial charge in [0.2, 0.25) is 0 Å². The Kier molecular flexibility index (Phi) is 11.6. The molecular formula is C19H37N3OS. The molecule has 24 heavy (non-hydrogen) atoms. The molecule has 0 saturated carbocycles. The van der Waals surface area contributed by atoms with Crippen LogP contribution in [0, 0.1) is 11.8 Å². The number of carbonyl (C=O) groups is 1. The zero-order valence-electron chi connectivity index (χ0n) is 16.2. The van der Waals surface area contributed by atoms with E-state index in [2.05, 4.69) is 42.8 Å². The summed E-state index contributed by atoms with van der Waals surface area (Å²) in [6.45, 7) is 12.3. The maximum atomic E-state index is 11.4. The molecule has 0 radical (unpaired) electrons. The average Bonchev–Trinajstić information content (AvgIpc) is 2.99. The van der Waals surface area contributed by atoms with E-state index in [1.165, 1.54) is 63.1 Å². The van der Waals surface area contributed by atoms with E-state index in [1.807, 2.05) is 0 Å². The van der Waals surface area contributed by atoms with Crippen LogP contribution in [0.4, 0.5) is 4.79 Å². The minimum absolute atomic E-state index is 0.00450. The molecule has 4 nitrogen and oxygen atoms in total. The molecule has 1 aliphatic heterocycles. The lowest BCUT2D eigenvalue weighted by molar-refractivity contribution is 0.182. The molecule has 140 valence electrons. The molecular weight excluding hydrogens is 318 g/mol. The predicted octanol–water partition coefficient (Wildman–Crippen LogP) is 6.37. The minimum Gasteiger partial charge on any atom is -0.300 e. The molecule has 0 aromatic heterocycles. The standard InChI is InChI=1S/C19H37N3OS/c1-5-9-11-16(7-3)13-22(14-17(8-4)12-10-6-2)15-18-20-21-19(23)24-18/h16-18H,5-15H2,1-4H3. The Morgan fingerprint density at radius 1 is 1.00 bits per heavy atom. The number of amides is 1. The van der Waals surface area contributed by atoms with Gasteiger partial charge < -0.3 is 0 Å². The van der Waals surface area contributed by atoms with Crippen LogP contribution in [0.25, 0.3) is 0 Å². The first-order valence-electron chi connectivity index (χ1n) is 9.96. The van der Waals surface area contributed by atoms with Gasteiger partial charge in [0.05, 0.1) is 0 Å². The molecule has 0 aromatic rings. The van der Waals surface area contributed by atoms with Crippen LogP contribution < -0.4 is 0 Å². The van der Waals surface area contributed by atoms with Gasteiger partial charge in [-0.2, -0.15) is 5.11 Å². The molecule has 5 heteroatoms. The summed E-state index contributed by atoms with van der Waals surface area (Å²) in [6, 6.07) is 0. The Hall–Kier alpha value is -0.420. The molecule has 1 heterocycles. The van der Waals surface area contributed by atoms with Gasteiger partial charge in [0.25, 0.3) is 0 Å². The summed E-state index contributed by atoms with van der Waals surface area (Å²) in [6.07, 6.45) is 10.3. The molecule has 3 unspecified atom stereocenters. The zero-order chi connectivity index (χ0) is 17.8. The van der Waals surface area contributed by atoms with Gasteiger partial charge in [0, 0.05) is 19.6 Å². The normalized spacial score (nSPS) is 20.0. The Labute approximate surface area is 153 Å². The zero-order valence-corrected chi connectivity index (χ0v) is 17.0. The second-order valence-electron chi connectivity index (χ2n) is 7.11. The predicted molar refractivity (Wildman–Crippen MR) is 105 cm³/mol. The summed E-state index contributed by atoms with van der Waals surface area (Å²) in [5.74, 6) is 1.51. The number of hydrogen-bond donors (Lipinski definition) is 0. The van der Waals surface area contributed by atoms with Crippen molar-refractivity contribution in [2.75, 3.05) is 19.6 Å². The van der Waals surface area contributed by atoms with Crippen molar-refractivity contribution in [2.45, 2.75) is 84.4 Å². The Balaban J connectivity index is 2.62. The van der Waals surface area contributed by atoms with Crippen LogP contribution in [0.3, 0.4) is 0 Å². The lowest BCUT2D eigenvalue weighted by atomic mass is 9.95. The van der Waals surface area contributed by atoms with Crippen LogP contribution in [0.1, 0.15) is 79.1 Å². The Bertz CT molecular complexity index is 358. The fourth-order valence-corrected chi connectivity index (χ4v) is 4.06. The smallest absolute Gasteiger partial charge is 0.300 e. The SMILES string of the molecule is CCCCC(CC)CN(CC(CC)CCCC)CC1N=NC(=O)S1. The summed E-state index contributed by atoms with van der Waals surface area (Å²) in [5.41, 5.74) is 0. The second kappa shape index (κ2) is 12.9. The fraction of sp³-hybridized carbons (Fsp3) is 0.947. The summed E-state index contributed by atoms with van der Waals surface area (Å²) >= 11 is 1.29. The highest BCUT2D eigenvalue weighted by Gasteiger charge is 2.25. The average molecular weight is 356 g/mol. The third kappa shape index (κ3) is 8.61. The van der Waals surface area contributed by atoms with Crippen molar-refractivity contribution in [3.8, 4) is 0 Å². The van der Waals surface area contributed by atoms with Crippen molar-refractivity contribution in [3.05, 3.63) is 0 Å². The summed E-state index contributed by atoms with van der Waals surface area (Å²) in [7, 11) is 0. The molecule has 1 amide bonds. The lowest BCUT2D eigenvalue weighted by Gasteiger charge is -2.31. The van der Waals surface area contributed by atoms with Crippen molar-refractivity contribution in [1.82, 2.24) is 4.90 Å². The van der Waals surface area contributed by atoms with E-state index < -0.39 is 0 Å². The summed E-state index contributed by atoms with van der Waals surface area (Å²) in [4.78, 5) is 13.9. The molecule has 1 rings (SSSR count). The number of thioether (sulfide) groups is 1. The quantitative estimate of drug-likeness (QED) is 0.364. The number of unbranched alkanes of at least 4 members (excludes halogenated alkanes) is 2. The summed E-state index contributed by atoms with van der Waals surface area (Å²) < 4.78 is 0. The molecule has 0 aliphatic carbocycles. The largest absolute Gasteiger partial charge is 0.325 e. The number of rotatable bonds is 14. The monoisotopic (exact) mass is 355 g/mol. The van der Waals surface area contributed by atoms with Gasteiger partial charge in [-0.1, -0.05) is 66.2 Å². The number of carbonyl (C=O) groups excluding carboxylic acids is 1. The van der Waals surface area contributed by atoms with Gasteiger partial charge in [-0.15, -0.1) is 5.11 Å². The fourth-order valence-electron chi connectivity index (χ4n) is 3.36. The van der Waals surface area contributed by atoms with Crippen molar-refractivity contribution < 1.29 is 4.79 Å². The Morgan fingerprint density at radius 3 is 1.92 bits per heavy atom. The first kappa shape index (κ1) is 21.6. The number of azo groups is 1. The van der Waals surface area contributed by atoms with E-state index in [0.29, 0.717) is 0 Å². The van der Waals surface area contributed by atoms with E-state index >= 15 is 0 Å². The van der Waals surface area contributed by atoms with E-state index in [9.17, 15) is 4.79 Å². The molecule has 0 fully saturated rings. The van der Waals surface area contributed by atoms with Crippen molar-refractivity contribution >= 4 is 17.0 Å². The van der Waals surface area contributed by atoms with E-state index in [0.717, 1.165) is 31.5 Å². The molecule has 0 N–H and O–H groups in total. The highest BCUT2D eigenvalue weighted by molar-refractivity contribution is 8.14. The lowest BCUT2D eigenvalue weighted by Crippen LogP contribution is -2.37. The topological polar surface area (TPSA) is 45.0 Å². The third-order valence-corrected chi connectivity index (χ3v) is 5.84. The first-order chi connectivity index (χ1) is 11.6. The van der Waals surface area contributed by atoms with Gasteiger partial charge in [-0.3, -0.25) is 9.69 Å². The first-order valence-corrected chi connectivity index (χ1v) is 10.8. The number of hydrogen-bond acceptors (Lipinski definition) is 4. The van der Waals surface area contributed by atoms with Crippen molar-refractivity contribution in [3.63, 3.8) is 0 Å². The van der Waals surface area contributed by atoms with E-state index in [4.69, 9.17) is 0 Å². The third-order valence-electron chi connectivity index (χ3n) is 5.04. The van der Waals surface area contributed by atoms with Gasteiger partial charge in [-0.05, 0) is 36.4 Å². The van der Waals surface area contributed by atoms with Crippen LogP contribution in [0.15, 0.2) is 10.2 Å². The Morgan fingerprint density at radius 2 is 1.54 bits per heavy atom. The molecule has 0 bridgehead atoms. The molecule has 3 atom stereocenters. The van der Waals surface area contributed by atoms with Gasteiger partial charge >= 0.3 is 5.24 Å². The molecule has 0 spiro atoms. The highest BCUT2D eigenvalue weighted by atomic mass is 32.2. The molecule has 1 aliphatic rings. The minimum atomic E-state index is -0.129. The van der Waals surface area contributed by atoms with Gasteiger partial charge in [0.1, 0.15) is 5.37 Å². The van der Waals surface area contributed by atoms with Crippen molar-refractivity contribution in [2.24, 2.45) is 22.1 Å². The van der Waals surface area contributed by atoms with Crippen LogP contribution in [-0.4, -0.2) is 35.1 Å². The van der Waals surface area contributed by atoms with E-state index in [1.54, 1.807) is 0 Å². The van der Waals surface area contributed by atoms with Crippen LogP contribution in [-0.2, 0) is 0 Å². The second-order valence-corrected chi connectivity index (χ2v) is 8.23. The van der Waals surface area contributed by atoms with Gasteiger partial charge in [0.15, 0.2) is 0 Å². The summed E-state index contributed by atoms with van der Waals surface area (Å²) in [5, 5.41) is 7.71.